The van der Waals surface area contributed by atoms with Gasteiger partial charge in [-0.25, -0.2) is 0 Å². The average Bonchev–Trinajstić information content (AvgIpc) is 2.57. The molecule has 0 bridgehead atoms. The second-order valence-corrected chi connectivity index (χ2v) is 4.92. The van der Waals surface area contributed by atoms with Gasteiger partial charge in [0.15, 0.2) is 28.8 Å². The van der Waals surface area contributed by atoms with E-state index < -0.39 is 12.5 Å². The van der Waals surface area contributed by atoms with Crippen LogP contribution in [0.15, 0.2) is 36.4 Å². The minimum Gasteiger partial charge on any atom is -0.504 e. The van der Waals surface area contributed by atoms with Gasteiger partial charge in [-0.15, -0.1) is 0 Å². The summed E-state index contributed by atoms with van der Waals surface area (Å²) in [6.45, 7) is -0.407. The number of methoxy groups -OCH3 is 2. The van der Waals surface area contributed by atoms with Crippen molar-refractivity contribution < 1.29 is 29.6 Å². The SMILES string of the molecule is COc1cc(C(=O)[C@H](CO)c2ccc(O)c(OC)c2)ccc1O. The number of aliphatic hydroxyl groups is 1. The van der Waals surface area contributed by atoms with Crippen molar-refractivity contribution in [3.8, 4) is 23.0 Å². The van der Waals surface area contributed by atoms with Crippen LogP contribution in [0.3, 0.4) is 0 Å². The van der Waals surface area contributed by atoms with Crippen molar-refractivity contribution >= 4 is 5.78 Å². The normalized spacial score (nSPS) is 11.8. The maximum atomic E-state index is 12.6. The summed E-state index contributed by atoms with van der Waals surface area (Å²) in [5.41, 5.74) is 0.810. The van der Waals surface area contributed by atoms with Crippen LogP contribution in [0, 0.1) is 0 Å². The Balaban J connectivity index is 2.39. The zero-order valence-corrected chi connectivity index (χ0v) is 12.8. The maximum absolute atomic E-state index is 12.6. The molecule has 6 heteroatoms. The molecule has 0 heterocycles. The number of aliphatic hydroxyl groups excluding tert-OH is 1. The molecule has 0 amide bonds. The third-order valence-corrected chi connectivity index (χ3v) is 3.57. The van der Waals surface area contributed by atoms with Crippen LogP contribution in [0.1, 0.15) is 21.8 Å². The first-order valence-electron chi connectivity index (χ1n) is 6.90. The highest BCUT2D eigenvalue weighted by atomic mass is 16.5. The standard InChI is InChI=1S/C17H18O6/c1-22-15-7-10(3-5-13(15)19)12(9-18)17(21)11-4-6-14(20)16(8-11)23-2/h3-8,12,18-20H,9H2,1-2H3/t12-/m1/s1. The molecule has 0 spiro atoms. The lowest BCUT2D eigenvalue weighted by molar-refractivity contribution is 0.0921. The van der Waals surface area contributed by atoms with Crippen molar-refractivity contribution in [1.82, 2.24) is 0 Å². The maximum Gasteiger partial charge on any atom is 0.172 e. The van der Waals surface area contributed by atoms with E-state index in [0.717, 1.165) is 0 Å². The minimum atomic E-state index is -0.821. The molecule has 0 fully saturated rings. The number of benzene rings is 2. The number of ketones is 1. The number of Topliss-reactive ketones (excluding diaryl/α,β-unsaturated/α-hetero) is 1. The fraction of sp³-hybridized carbons (Fsp3) is 0.235. The first-order valence-corrected chi connectivity index (χ1v) is 6.90. The highest BCUT2D eigenvalue weighted by molar-refractivity contribution is 6.01. The molecule has 2 rings (SSSR count). The number of ether oxygens (including phenoxy) is 2. The van der Waals surface area contributed by atoms with E-state index in [2.05, 4.69) is 0 Å². The Morgan fingerprint density at radius 2 is 1.57 bits per heavy atom. The molecule has 0 radical (unpaired) electrons. The van der Waals surface area contributed by atoms with Gasteiger partial charge >= 0.3 is 0 Å². The number of carbonyl (C=O) groups excluding carboxylic acids is 1. The van der Waals surface area contributed by atoms with Gasteiger partial charge in [-0.1, -0.05) is 6.07 Å². The number of hydrogen-bond donors (Lipinski definition) is 3. The molecule has 0 saturated carbocycles. The first kappa shape index (κ1) is 16.6. The predicted octanol–water partition coefficient (Wildman–Crippen LogP) is 2.07. The highest BCUT2D eigenvalue weighted by Crippen LogP contribution is 2.32. The molecule has 0 aliphatic heterocycles. The third kappa shape index (κ3) is 3.37. The van der Waals surface area contributed by atoms with Crippen molar-refractivity contribution in [1.29, 1.82) is 0 Å². The lowest BCUT2D eigenvalue weighted by Crippen LogP contribution is -2.17. The van der Waals surface area contributed by atoms with E-state index in [1.807, 2.05) is 0 Å². The molecule has 122 valence electrons. The molecule has 0 aromatic heterocycles. The van der Waals surface area contributed by atoms with Crippen LogP contribution < -0.4 is 9.47 Å². The van der Waals surface area contributed by atoms with E-state index >= 15 is 0 Å². The van der Waals surface area contributed by atoms with Crippen LogP contribution in [0.2, 0.25) is 0 Å². The molecule has 6 nitrogen and oxygen atoms in total. The van der Waals surface area contributed by atoms with E-state index in [9.17, 15) is 20.1 Å². The molecule has 0 unspecified atom stereocenters. The van der Waals surface area contributed by atoms with Crippen molar-refractivity contribution in [3.05, 3.63) is 47.5 Å². The molecule has 0 saturated heterocycles. The Morgan fingerprint density at radius 1 is 1.00 bits per heavy atom. The summed E-state index contributed by atoms with van der Waals surface area (Å²) < 4.78 is 10.0. The van der Waals surface area contributed by atoms with Gasteiger partial charge < -0.3 is 24.8 Å². The molecule has 3 N–H and O–H groups in total. The van der Waals surface area contributed by atoms with Crippen LogP contribution in [0.4, 0.5) is 0 Å². The molecule has 1 atom stereocenters. The smallest absolute Gasteiger partial charge is 0.172 e. The van der Waals surface area contributed by atoms with Gasteiger partial charge in [-0.3, -0.25) is 4.79 Å². The molecule has 23 heavy (non-hydrogen) atoms. The van der Waals surface area contributed by atoms with Crippen LogP contribution in [0.25, 0.3) is 0 Å². The average molecular weight is 318 g/mol. The largest absolute Gasteiger partial charge is 0.504 e. The van der Waals surface area contributed by atoms with Crippen LogP contribution in [-0.2, 0) is 0 Å². The van der Waals surface area contributed by atoms with Crippen molar-refractivity contribution in [3.63, 3.8) is 0 Å². The second kappa shape index (κ2) is 7.02. The lowest BCUT2D eigenvalue weighted by atomic mass is 9.91. The van der Waals surface area contributed by atoms with Crippen LogP contribution in [0.5, 0.6) is 23.0 Å². The van der Waals surface area contributed by atoms with Crippen molar-refractivity contribution in [2.24, 2.45) is 0 Å². The van der Waals surface area contributed by atoms with Crippen LogP contribution >= 0.6 is 0 Å². The summed E-state index contributed by atoms with van der Waals surface area (Å²) >= 11 is 0. The zero-order valence-electron chi connectivity index (χ0n) is 12.8. The molecular weight excluding hydrogens is 300 g/mol. The summed E-state index contributed by atoms with van der Waals surface area (Å²) in [5.74, 6) is -0.882. The first-order chi connectivity index (χ1) is 11.0. The van der Waals surface area contributed by atoms with Gasteiger partial charge in [0.25, 0.3) is 0 Å². The molecular formula is C17H18O6. The fourth-order valence-corrected chi connectivity index (χ4v) is 2.28. The summed E-state index contributed by atoms with van der Waals surface area (Å²) in [6.07, 6.45) is 0. The summed E-state index contributed by atoms with van der Waals surface area (Å²) in [5, 5.41) is 28.8. The van der Waals surface area contributed by atoms with Gasteiger partial charge in [-0.05, 0) is 35.9 Å². The van der Waals surface area contributed by atoms with Gasteiger partial charge in [-0.2, -0.15) is 0 Å². The summed E-state index contributed by atoms with van der Waals surface area (Å²) in [4.78, 5) is 12.6. The number of phenols is 2. The Labute approximate surface area is 133 Å². The number of hydrogen-bond acceptors (Lipinski definition) is 6. The van der Waals surface area contributed by atoms with E-state index in [0.29, 0.717) is 11.1 Å². The topological polar surface area (TPSA) is 96.2 Å². The number of carbonyl (C=O) groups is 1. The predicted molar refractivity (Wildman–Crippen MR) is 83.5 cm³/mol. The molecule has 2 aromatic rings. The van der Waals surface area contributed by atoms with Crippen LogP contribution in [-0.4, -0.2) is 41.9 Å². The lowest BCUT2D eigenvalue weighted by Gasteiger charge is -2.16. The van der Waals surface area contributed by atoms with Gasteiger partial charge in [0.05, 0.1) is 26.7 Å². The van der Waals surface area contributed by atoms with E-state index in [1.165, 1.54) is 44.6 Å². The monoisotopic (exact) mass is 318 g/mol. The minimum absolute atomic E-state index is 0.0494. The fourth-order valence-electron chi connectivity index (χ4n) is 2.28. The number of aromatic hydroxyl groups is 2. The Morgan fingerprint density at radius 3 is 2.13 bits per heavy atom. The van der Waals surface area contributed by atoms with Crippen molar-refractivity contribution in [2.45, 2.75) is 5.92 Å². The number of phenolic OH excluding ortho intramolecular Hbond substituents is 2. The molecule has 2 aromatic carbocycles. The van der Waals surface area contributed by atoms with Crippen molar-refractivity contribution in [2.75, 3.05) is 20.8 Å². The van der Waals surface area contributed by atoms with Gasteiger partial charge in [0.2, 0.25) is 0 Å². The third-order valence-electron chi connectivity index (χ3n) is 3.57. The zero-order chi connectivity index (χ0) is 17.0. The highest BCUT2D eigenvalue weighted by Gasteiger charge is 2.23. The number of rotatable bonds is 6. The molecule has 0 aliphatic carbocycles. The molecule has 0 aliphatic rings. The second-order valence-electron chi connectivity index (χ2n) is 4.92. The Kier molecular flexibility index (Phi) is 5.08. The Hall–Kier alpha value is -2.73. The van der Waals surface area contributed by atoms with Gasteiger partial charge in [0, 0.05) is 5.56 Å². The quantitative estimate of drug-likeness (QED) is 0.706. The Bertz CT molecular complexity index is 710. The summed E-state index contributed by atoms with van der Waals surface area (Å²) in [7, 11) is 2.79. The van der Waals surface area contributed by atoms with E-state index in [1.54, 1.807) is 6.07 Å². The van der Waals surface area contributed by atoms with E-state index in [4.69, 9.17) is 9.47 Å². The van der Waals surface area contributed by atoms with Gasteiger partial charge in [0.1, 0.15) is 0 Å². The summed E-state index contributed by atoms with van der Waals surface area (Å²) in [6, 6.07) is 8.69. The van der Waals surface area contributed by atoms with E-state index in [-0.39, 0.29) is 28.8 Å².